The second-order valence-corrected chi connectivity index (χ2v) is 5.17. The van der Waals surface area contributed by atoms with Crippen molar-refractivity contribution in [3.05, 3.63) is 33.8 Å². The van der Waals surface area contributed by atoms with Crippen LogP contribution in [-0.2, 0) is 6.18 Å². The molecule has 1 rings (SSSR count). The maximum Gasteiger partial charge on any atom is 0.416 e. The van der Waals surface area contributed by atoms with Crippen LogP contribution in [0.3, 0.4) is 0 Å². The van der Waals surface area contributed by atoms with Crippen LogP contribution in [0, 0.1) is 0 Å². The summed E-state index contributed by atoms with van der Waals surface area (Å²) >= 11 is 2.89. The first kappa shape index (κ1) is 17.3. The van der Waals surface area contributed by atoms with Gasteiger partial charge in [0.25, 0.3) is 0 Å². The third-order valence-electron chi connectivity index (χ3n) is 2.62. The summed E-state index contributed by atoms with van der Waals surface area (Å²) in [4.78, 5) is 0. The molecule has 114 valence electrons. The first-order valence-electron chi connectivity index (χ1n) is 5.62. The van der Waals surface area contributed by atoms with Gasteiger partial charge in [-0.05, 0) is 30.5 Å². The molecule has 0 aliphatic heterocycles. The molecule has 1 unspecified atom stereocenters. The summed E-state index contributed by atoms with van der Waals surface area (Å²) in [7, 11) is 0. The van der Waals surface area contributed by atoms with Gasteiger partial charge in [0.2, 0.25) is 0 Å². The van der Waals surface area contributed by atoms with Crippen LogP contribution in [0.25, 0.3) is 0 Å². The molecule has 0 aliphatic rings. The fourth-order valence-corrected chi connectivity index (χ4v) is 2.08. The molecule has 0 radical (unpaired) electrons. The largest absolute Gasteiger partial charge is 0.416 e. The molecule has 1 aromatic carbocycles. The standard InChI is InChI=1S/C12H11BrF6O/c13-7-3-4-8(9(6-7)12(17,18)19)10(20)2-1-5-11(14,15)16/h3-4,6,10,20H,1-2,5H2. The molecule has 20 heavy (non-hydrogen) atoms. The molecule has 0 aliphatic carbocycles. The minimum absolute atomic E-state index is 0.177. The SMILES string of the molecule is OC(CCCC(F)(F)F)c1ccc(Br)cc1C(F)(F)F. The van der Waals surface area contributed by atoms with Crippen molar-refractivity contribution in [2.45, 2.75) is 37.7 Å². The highest BCUT2D eigenvalue weighted by atomic mass is 79.9. The van der Waals surface area contributed by atoms with Crippen molar-refractivity contribution < 1.29 is 31.4 Å². The van der Waals surface area contributed by atoms with Gasteiger partial charge in [0, 0.05) is 10.9 Å². The Morgan fingerprint density at radius 1 is 1.10 bits per heavy atom. The maximum atomic E-state index is 12.8. The lowest BCUT2D eigenvalue weighted by Crippen LogP contribution is -2.13. The first-order valence-corrected chi connectivity index (χ1v) is 6.41. The van der Waals surface area contributed by atoms with E-state index in [1.807, 2.05) is 0 Å². The van der Waals surface area contributed by atoms with E-state index >= 15 is 0 Å². The molecule has 1 aromatic rings. The zero-order valence-electron chi connectivity index (χ0n) is 10.0. The lowest BCUT2D eigenvalue weighted by molar-refractivity contribution is -0.141. The lowest BCUT2D eigenvalue weighted by atomic mass is 9.98. The molecule has 0 heterocycles. The van der Waals surface area contributed by atoms with Crippen molar-refractivity contribution >= 4 is 15.9 Å². The van der Waals surface area contributed by atoms with E-state index < -0.39 is 42.4 Å². The molecular formula is C12H11BrF6O. The summed E-state index contributed by atoms with van der Waals surface area (Å²) in [5.74, 6) is 0. The Bertz CT molecular complexity index is 454. The maximum absolute atomic E-state index is 12.8. The molecule has 1 atom stereocenters. The molecule has 0 amide bonds. The molecule has 0 saturated heterocycles. The zero-order valence-corrected chi connectivity index (χ0v) is 11.6. The molecule has 8 heteroatoms. The van der Waals surface area contributed by atoms with Gasteiger partial charge in [-0.15, -0.1) is 0 Å². The van der Waals surface area contributed by atoms with Gasteiger partial charge in [-0.3, -0.25) is 0 Å². The van der Waals surface area contributed by atoms with Crippen molar-refractivity contribution in [3.63, 3.8) is 0 Å². The van der Waals surface area contributed by atoms with Gasteiger partial charge in [-0.2, -0.15) is 26.3 Å². The third kappa shape index (κ3) is 5.32. The van der Waals surface area contributed by atoms with E-state index in [9.17, 15) is 31.4 Å². The van der Waals surface area contributed by atoms with Gasteiger partial charge in [-0.1, -0.05) is 22.0 Å². The minimum Gasteiger partial charge on any atom is -0.388 e. The Kier molecular flexibility index (Phi) is 5.48. The molecule has 0 saturated carbocycles. The number of hydrogen-bond acceptors (Lipinski definition) is 1. The summed E-state index contributed by atoms with van der Waals surface area (Å²) in [6.07, 6.45) is -12.6. The highest BCUT2D eigenvalue weighted by Crippen LogP contribution is 2.37. The average Bonchev–Trinajstić information content (AvgIpc) is 2.25. The van der Waals surface area contributed by atoms with Gasteiger partial charge >= 0.3 is 12.4 Å². The average molecular weight is 365 g/mol. The topological polar surface area (TPSA) is 20.2 Å². The molecule has 0 spiro atoms. The molecule has 0 aromatic heterocycles. The Labute approximate surface area is 119 Å². The summed E-state index contributed by atoms with van der Waals surface area (Å²) in [6, 6.07) is 3.16. The second-order valence-electron chi connectivity index (χ2n) is 4.25. The molecule has 0 fully saturated rings. The molecule has 0 bridgehead atoms. The highest BCUT2D eigenvalue weighted by Gasteiger charge is 2.35. The zero-order chi connectivity index (χ0) is 15.6. The quantitative estimate of drug-likeness (QED) is 0.725. The lowest BCUT2D eigenvalue weighted by Gasteiger charge is -2.18. The monoisotopic (exact) mass is 364 g/mol. The van der Waals surface area contributed by atoms with Crippen LogP contribution >= 0.6 is 15.9 Å². The van der Waals surface area contributed by atoms with E-state index in [1.54, 1.807) is 0 Å². The Morgan fingerprint density at radius 2 is 1.70 bits per heavy atom. The molecule has 1 nitrogen and oxygen atoms in total. The number of alkyl halides is 6. The normalized spacial score (nSPS) is 14.4. The Hall–Kier alpha value is -0.760. The third-order valence-corrected chi connectivity index (χ3v) is 3.11. The number of aliphatic hydroxyl groups excluding tert-OH is 1. The summed E-state index contributed by atoms with van der Waals surface area (Å²) in [5, 5.41) is 9.67. The Balaban J connectivity index is 2.85. The fraction of sp³-hybridized carbons (Fsp3) is 0.500. The van der Waals surface area contributed by atoms with Crippen molar-refractivity contribution in [2.75, 3.05) is 0 Å². The van der Waals surface area contributed by atoms with Gasteiger partial charge < -0.3 is 5.11 Å². The predicted octanol–water partition coefficient (Wildman–Crippen LogP) is 5.23. The fourth-order valence-electron chi connectivity index (χ4n) is 1.72. The van der Waals surface area contributed by atoms with Gasteiger partial charge in [0.1, 0.15) is 0 Å². The number of benzene rings is 1. The Morgan fingerprint density at radius 3 is 2.20 bits per heavy atom. The van der Waals surface area contributed by atoms with Gasteiger partial charge in [0.15, 0.2) is 0 Å². The van der Waals surface area contributed by atoms with Crippen molar-refractivity contribution in [2.24, 2.45) is 0 Å². The van der Waals surface area contributed by atoms with E-state index in [0.29, 0.717) is 0 Å². The van der Waals surface area contributed by atoms with E-state index in [0.717, 1.165) is 12.1 Å². The molecule has 1 N–H and O–H groups in total. The first-order chi connectivity index (χ1) is 9.00. The van der Waals surface area contributed by atoms with Crippen LogP contribution in [0.4, 0.5) is 26.3 Å². The summed E-state index contributed by atoms with van der Waals surface area (Å²) in [6.45, 7) is 0. The van der Waals surface area contributed by atoms with Crippen LogP contribution in [0.5, 0.6) is 0 Å². The predicted molar refractivity (Wildman–Crippen MR) is 64.0 cm³/mol. The van der Waals surface area contributed by atoms with E-state index in [2.05, 4.69) is 15.9 Å². The number of hydrogen-bond donors (Lipinski definition) is 1. The van der Waals surface area contributed by atoms with Gasteiger partial charge in [-0.25, -0.2) is 0 Å². The number of aliphatic hydroxyl groups is 1. The number of halogens is 7. The number of rotatable bonds is 4. The van der Waals surface area contributed by atoms with Crippen LogP contribution in [-0.4, -0.2) is 11.3 Å². The highest BCUT2D eigenvalue weighted by molar-refractivity contribution is 9.10. The van der Waals surface area contributed by atoms with Crippen molar-refractivity contribution in [3.8, 4) is 0 Å². The smallest absolute Gasteiger partial charge is 0.388 e. The van der Waals surface area contributed by atoms with E-state index in [-0.39, 0.29) is 10.9 Å². The van der Waals surface area contributed by atoms with Crippen LogP contribution in [0.2, 0.25) is 0 Å². The van der Waals surface area contributed by atoms with E-state index in [1.165, 1.54) is 6.07 Å². The van der Waals surface area contributed by atoms with Crippen LogP contribution < -0.4 is 0 Å². The van der Waals surface area contributed by atoms with Crippen LogP contribution in [0.1, 0.15) is 36.5 Å². The van der Waals surface area contributed by atoms with Gasteiger partial charge in [0.05, 0.1) is 11.7 Å². The van der Waals surface area contributed by atoms with Crippen molar-refractivity contribution in [1.29, 1.82) is 0 Å². The van der Waals surface area contributed by atoms with Crippen molar-refractivity contribution in [1.82, 2.24) is 0 Å². The summed E-state index contributed by atoms with van der Waals surface area (Å²) in [5.41, 5.74) is -1.46. The van der Waals surface area contributed by atoms with E-state index in [4.69, 9.17) is 0 Å². The minimum atomic E-state index is -4.68. The van der Waals surface area contributed by atoms with Crippen LogP contribution in [0.15, 0.2) is 22.7 Å². The second kappa shape index (κ2) is 6.34. The summed E-state index contributed by atoms with van der Waals surface area (Å²) < 4.78 is 74.4. The molecular weight excluding hydrogens is 354 g/mol.